The molecular formula is C17H12Cl4N2O. The van der Waals surface area contributed by atoms with Crippen LogP contribution in [0.25, 0.3) is 11.1 Å². The summed E-state index contributed by atoms with van der Waals surface area (Å²) >= 11 is 23.8. The van der Waals surface area contributed by atoms with Gasteiger partial charge < -0.3 is 11.5 Å². The number of hydrogen-bond donors (Lipinski definition) is 2. The molecule has 2 aromatic rings. The summed E-state index contributed by atoms with van der Waals surface area (Å²) in [6, 6.07) is 9.84. The highest BCUT2D eigenvalue weighted by Gasteiger charge is 2.22. The van der Waals surface area contributed by atoms with E-state index in [-0.39, 0.29) is 22.5 Å². The Morgan fingerprint density at radius 1 is 0.792 bits per heavy atom. The minimum Gasteiger partial charge on any atom is -0.397 e. The van der Waals surface area contributed by atoms with Gasteiger partial charge in [0.2, 0.25) is 0 Å². The summed E-state index contributed by atoms with van der Waals surface area (Å²) in [5.74, 6) is -0.456. The molecule has 124 valence electrons. The molecule has 0 aliphatic carbocycles. The highest BCUT2D eigenvalue weighted by atomic mass is 35.5. The van der Waals surface area contributed by atoms with Gasteiger partial charge in [0, 0.05) is 33.3 Å². The number of nitrogen functional groups attached to an aromatic ring is 2. The third-order valence-electron chi connectivity index (χ3n) is 3.39. The Hall–Kier alpha value is -1.65. The monoisotopic (exact) mass is 400 g/mol. The molecule has 0 aliphatic rings. The van der Waals surface area contributed by atoms with Gasteiger partial charge in [0.05, 0.1) is 21.4 Å². The van der Waals surface area contributed by atoms with Gasteiger partial charge in [-0.05, 0) is 12.1 Å². The summed E-state index contributed by atoms with van der Waals surface area (Å²) in [6.07, 6.45) is 0. The van der Waals surface area contributed by atoms with Gasteiger partial charge in [-0.1, -0.05) is 70.7 Å². The molecule has 7 heteroatoms. The molecule has 2 aromatic carbocycles. The lowest BCUT2D eigenvalue weighted by Gasteiger charge is -2.14. The molecule has 0 aromatic heterocycles. The van der Waals surface area contributed by atoms with Gasteiger partial charge in [-0.25, -0.2) is 0 Å². The van der Waals surface area contributed by atoms with Crippen LogP contribution in [0, 0.1) is 0 Å². The van der Waals surface area contributed by atoms with Crippen molar-refractivity contribution in [2.75, 3.05) is 11.5 Å². The van der Waals surface area contributed by atoms with E-state index in [1.165, 1.54) is 0 Å². The molecular weight excluding hydrogens is 390 g/mol. The number of rotatable bonds is 4. The number of Topliss-reactive ketones (excluding diaryl/α,β-unsaturated/α-hetero) is 1. The second-order valence-corrected chi connectivity index (χ2v) is 6.03. The van der Waals surface area contributed by atoms with Crippen LogP contribution in [0.15, 0.2) is 47.5 Å². The van der Waals surface area contributed by atoms with Crippen molar-refractivity contribution in [3.63, 3.8) is 0 Å². The Morgan fingerprint density at radius 2 is 1.17 bits per heavy atom. The van der Waals surface area contributed by atoms with Gasteiger partial charge in [0.25, 0.3) is 0 Å². The van der Waals surface area contributed by atoms with Crippen LogP contribution in [0.1, 0.15) is 11.1 Å². The van der Waals surface area contributed by atoms with Gasteiger partial charge in [-0.3, -0.25) is 4.79 Å². The first-order chi connectivity index (χ1) is 11.4. The van der Waals surface area contributed by atoms with Gasteiger partial charge in [0.1, 0.15) is 0 Å². The average Bonchev–Trinajstić information content (AvgIpc) is 2.56. The molecule has 0 unspecified atom stereocenters. The van der Waals surface area contributed by atoms with Crippen LogP contribution in [0.3, 0.4) is 0 Å². The quantitative estimate of drug-likeness (QED) is 0.518. The first kappa shape index (κ1) is 18.7. The number of benzene rings is 2. The smallest absolute Gasteiger partial charge is 0.196 e. The number of halogens is 4. The minimum absolute atomic E-state index is 0.142. The van der Waals surface area contributed by atoms with Crippen molar-refractivity contribution in [1.82, 2.24) is 0 Å². The first-order valence-corrected chi connectivity index (χ1v) is 8.29. The molecule has 0 spiro atoms. The second-order valence-electron chi connectivity index (χ2n) is 4.78. The van der Waals surface area contributed by atoms with Crippen molar-refractivity contribution in [3.8, 4) is 0 Å². The Kier molecular flexibility index (Phi) is 6.19. The van der Waals surface area contributed by atoms with Crippen LogP contribution in [0.2, 0.25) is 10.0 Å². The predicted octanol–water partition coefficient (Wildman–Crippen LogP) is 5.59. The molecule has 0 atom stereocenters. The van der Waals surface area contributed by atoms with Crippen LogP contribution in [0.4, 0.5) is 11.4 Å². The number of para-hydroxylation sites is 2. The van der Waals surface area contributed by atoms with E-state index in [4.69, 9.17) is 57.9 Å². The lowest BCUT2D eigenvalue weighted by Crippen LogP contribution is -2.08. The molecule has 0 fully saturated rings. The summed E-state index contributed by atoms with van der Waals surface area (Å²) in [6.45, 7) is 0. The number of ketones is 1. The molecule has 0 heterocycles. The summed E-state index contributed by atoms with van der Waals surface area (Å²) in [7, 11) is 0. The Bertz CT molecular complexity index is 790. The highest BCUT2D eigenvalue weighted by molar-refractivity contribution is 6.51. The molecule has 0 radical (unpaired) electrons. The van der Waals surface area contributed by atoms with Crippen molar-refractivity contribution in [3.05, 3.63) is 68.6 Å². The average molecular weight is 402 g/mol. The minimum atomic E-state index is -0.456. The first-order valence-electron chi connectivity index (χ1n) is 6.66. The topological polar surface area (TPSA) is 69.1 Å². The zero-order chi connectivity index (χ0) is 17.9. The van der Waals surface area contributed by atoms with Crippen molar-refractivity contribution in [2.45, 2.75) is 0 Å². The van der Waals surface area contributed by atoms with E-state index in [1.807, 2.05) is 0 Å². The van der Waals surface area contributed by atoms with Crippen LogP contribution >= 0.6 is 46.4 Å². The number of anilines is 2. The fraction of sp³-hybridized carbons (Fsp3) is 0. The standard InChI is InChI=1S/C17H12Cl4N2O/c18-7-11(9-3-1-5-13(20)15(9)22)17(24)12(8-19)10-4-2-6-14(21)16(10)23/h1-8H,22-23H2. The zero-order valence-corrected chi connectivity index (χ0v) is 15.2. The van der Waals surface area contributed by atoms with Crippen LogP contribution < -0.4 is 11.5 Å². The Balaban J connectivity index is 2.55. The predicted molar refractivity (Wildman–Crippen MR) is 104 cm³/mol. The molecule has 0 aliphatic heterocycles. The number of carbonyl (C=O) groups is 1. The summed E-state index contributed by atoms with van der Waals surface area (Å²) < 4.78 is 0. The maximum Gasteiger partial charge on any atom is 0.196 e. The van der Waals surface area contributed by atoms with Crippen molar-refractivity contribution < 1.29 is 4.79 Å². The second kappa shape index (κ2) is 7.95. The molecule has 0 saturated heterocycles. The molecule has 0 amide bonds. The number of hydrogen-bond acceptors (Lipinski definition) is 3. The van der Waals surface area contributed by atoms with E-state index in [2.05, 4.69) is 0 Å². The normalized spacial score (nSPS) is 12.3. The van der Waals surface area contributed by atoms with Gasteiger partial charge in [-0.15, -0.1) is 0 Å². The van der Waals surface area contributed by atoms with Crippen LogP contribution in [0.5, 0.6) is 0 Å². The summed E-state index contributed by atoms with van der Waals surface area (Å²) in [4.78, 5) is 12.9. The van der Waals surface area contributed by atoms with Gasteiger partial charge in [-0.2, -0.15) is 0 Å². The van der Waals surface area contributed by atoms with E-state index >= 15 is 0 Å². The lowest BCUT2D eigenvalue weighted by molar-refractivity contribution is -0.108. The van der Waals surface area contributed by atoms with E-state index in [9.17, 15) is 4.79 Å². The van der Waals surface area contributed by atoms with Crippen LogP contribution in [-0.4, -0.2) is 5.78 Å². The Labute approximate surface area is 159 Å². The van der Waals surface area contributed by atoms with E-state index in [0.717, 1.165) is 11.1 Å². The molecule has 0 saturated carbocycles. The molecule has 24 heavy (non-hydrogen) atoms. The van der Waals surface area contributed by atoms with E-state index in [0.29, 0.717) is 21.2 Å². The van der Waals surface area contributed by atoms with E-state index < -0.39 is 5.78 Å². The largest absolute Gasteiger partial charge is 0.397 e. The summed E-state index contributed by atoms with van der Waals surface area (Å²) in [5, 5.41) is 0.630. The Morgan fingerprint density at radius 3 is 1.50 bits per heavy atom. The van der Waals surface area contributed by atoms with Gasteiger partial charge in [0.15, 0.2) is 5.78 Å². The zero-order valence-electron chi connectivity index (χ0n) is 12.2. The molecule has 2 rings (SSSR count). The SMILES string of the molecule is Nc1c(Cl)cccc1C(=CCl)C(=O)C(=CCl)c1cccc(Cl)c1N. The van der Waals surface area contributed by atoms with Crippen LogP contribution in [-0.2, 0) is 4.79 Å². The maximum atomic E-state index is 12.9. The van der Waals surface area contributed by atoms with Gasteiger partial charge >= 0.3 is 0 Å². The third-order valence-corrected chi connectivity index (χ3v) is 4.49. The number of allylic oxidation sites excluding steroid dienone is 2. The highest BCUT2D eigenvalue weighted by Crippen LogP contribution is 2.35. The number of carbonyl (C=O) groups excluding carboxylic acids is 1. The maximum absolute atomic E-state index is 12.9. The molecule has 4 N–H and O–H groups in total. The van der Waals surface area contributed by atoms with Crippen molar-refractivity contribution in [1.29, 1.82) is 0 Å². The molecule has 0 bridgehead atoms. The summed E-state index contributed by atoms with van der Waals surface area (Å²) in [5.41, 5.74) is 15.7. The molecule has 3 nitrogen and oxygen atoms in total. The lowest BCUT2D eigenvalue weighted by atomic mass is 9.93. The van der Waals surface area contributed by atoms with Crippen molar-refractivity contribution >= 4 is 74.7 Å². The third kappa shape index (κ3) is 3.55. The van der Waals surface area contributed by atoms with Crippen molar-refractivity contribution in [2.24, 2.45) is 0 Å². The van der Waals surface area contributed by atoms with E-state index in [1.54, 1.807) is 36.4 Å². The fourth-order valence-electron chi connectivity index (χ4n) is 2.15. The number of nitrogens with two attached hydrogens (primary N) is 2. The fourth-order valence-corrected chi connectivity index (χ4v) is 2.93.